The van der Waals surface area contributed by atoms with Gasteiger partial charge in [-0.1, -0.05) is 26.7 Å². The first kappa shape index (κ1) is 13.5. The number of nitrogens with one attached hydrogen (secondary N) is 1. The van der Waals surface area contributed by atoms with Crippen LogP contribution < -0.4 is 11.1 Å². The summed E-state index contributed by atoms with van der Waals surface area (Å²) in [7, 11) is 0. The lowest BCUT2D eigenvalue weighted by Crippen LogP contribution is -2.57. The van der Waals surface area contributed by atoms with Gasteiger partial charge in [-0.05, 0) is 37.5 Å². The standard InChI is InChI=1S/C14H26N2/c1-5-6-7-16-14(11-15)9-12(2)8-13(3,4)10-14/h12,16H,7-11,15H2,1-4H3. The first-order valence-corrected chi connectivity index (χ1v) is 6.28. The molecule has 92 valence electrons. The zero-order valence-corrected chi connectivity index (χ0v) is 11.2. The molecule has 2 unspecified atom stereocenters. The molecule has 0 bridgehead atoms. The second-order valence-electron chi connectivity index (χ2n) is 6.12. The van der Waals surface area contributed by atoms with Gasteiger partial charge in [0, 0.05) is 12.1 Å². The molecule has 0 amide bonds. The lowest BCUT2D eigenvalue weighted by Gasteiger charge is -2.47. The first-order chi connectivity index (χ1) is 7.43. The summed E-state index contributed by atoms with van der Waals surface area (Å²) < 4.78 is 0. The largest absolute Gasteiger partial charge is 0.329 e. The maximum absolute atomic E-state index is 5.99. The molecule has 0 aromatic heterocycles. The third-order valence-electron chi connectivity index (χ3n) is 3.58. The van der Waals surface area contributed by atoms with E-state index >= 15 is 0 Å². The van der Waals surface area contributed by atoms with Crippen molar-refractivity contribution >= 4 is 0 Å². The summed E-state index contributed by atoms with van der Waals surface area (Å²) >= 11 is 0. The predicted octanol–water partition coefficient (Wildman–Crippen LogP) is 2.14. The molecule has 16 heavy (non-hydrogen) atoms. The van der Waals surface area contributed by atoms with Gasteiger partial charge in [0.1, 0.15) is 0 Å². The zero-order valence-electron chi connectivity index (χ0n) is 11.2. The highest BCUT2D eigenvalue weighted by atomic mass is 15.0. The van der Waals surface area contributed by atoms with Crippen molar-refractivity contribution in [3.63, 3.8) is 0 Å². The third-order valence-corrected chi connectivity index (χ3v) is 3.58. The van der Waals surface area contributed by atoms with Gasteiger partial charge in [0.15, 0.2) is 0 Å². The van der Waals surface area contributed by atoms with E-state index in [-0.39, 0.29) is 5.54 Å². The minimum Gasteiger partial charge on any atom is -0.329 e. The smallest absolute Gasteiger partial charge is 0.0581 e. The second-order valence-corrected chi connectivity index (χ2v) is 6.12. The molecule has 0 aliphatic heterocycles. The van der Waals surface area contributed by atoms with Crippen molar-refractivity contribution in [1.82, 2.24) is 5.32 Å². The minimum atomic E-state index is 0.102. The molecule has 0 heterocycles. The Hall–Kier alpha value is -0.520. The fourth-order valence-corrected chi connectivity index (χ4v) is 3.43. The average Bonchev–Trinajstić information content (AvgIpc) is 2.15. The third kappa shape index (κ3) is 3.50. The van der Waals surface area contributed by atoms with Crippen molar-refractivity contribution in [1.29, 1.82) is 0 Å². The van der Waals surface area contributed by atoms with Gasteiger partial charge >= 0.3 is 0 Å². The molecule has 1 saturated carbocycles. The van der Waals surface area contributed by atoms with Crippen molar-refractivity contribution in [2.75, 3.05) is 13.1 Å². The molecule has 0 aromatic rings. The van der Waals surface area contributed by atoms with Crippen molar-refractivity contribution in [2.45, 2.75) is 52.5 Å². The average molecular weight is 222 g/mol. The van der Waals surface area contributed by atoms with E-state index in [2.05, 4.69) is 37.9 Å². The second kappa shape index (κ2) is 5.21. The van der Waals surface area contributed by atoms with Gasteiger partial charge in [-0.2, -0.15) is 0 Å². The van der Waals surface area contributed by atoms with Crippen molar-refractivity contribution in [3.8, 4) is 11.8 Å². The van der Waals surface area contributed by atoms with Crippen LogP contribution in [0.5, 0.6) is 0 Å². The molecule has 2 atom stereocenters. The van der Waals surface area contributed by atoms with Crippen LogP contribution in [0.2, 0.25) is 0 Å². The van der Waals surface area contributed by atoms with E-state index < -0.39 is 0 Å². The molecule has 2 heteroatoms. The Morgan fingerprint density at radius 2 is 2.06 bits per heavy atom. The van der Waals surface area contributed by atoms with Crippen molar-refractivity contribution in [2.24, 2.45) is 17.1 Å². The normalized spacial score (nSPS) is 32.9. The van der Waals surface area contributed by atoms with Gasteiger partial charge < -0.3 is 5.73 Å². The quantitative estimate of drug-likeness (QED) is 0.718. The molecule has 1 aliphatic rings. The van der Waals surface area contributed by atoms with Gasteiger partial charge in [-0.15, -0.1) is 5.92 Å². The van der Waals surface area contributed by atoms with E-state index in [0.717, 1.165) is 18.9 Å². The van der Waals surface area contributed by atoms with E-state index in [1.165, 1.54) is 12.8 Å². The molecule has 0 saturated heterocycles. The van der Waals surface area contributed by atoms with Gasteiger partial charge in [-0.25, -0.2) is 0 Å². The summed E-state index contributed by atoms with van der Waals surface area (Å²) in [5.41, 5.74) is 6.49. The summed E-state index contributed by atoms with van der Waals surface area (Å²) in [4.78, 5) is 0. The monoisotopic (exact) mass is 222 g/mol. The van der Waals surface area contributed by atoms with Crippen LogP contribution in [-0.4, -0.2) is 18.6 Å². The maximum Gasteiger partial charge on any atom is 0.0581 e. The summed E-state index contributed by atoms with van der Waals surface area (Å²) in [6, 6.07) is 0. The molecule has 1 fully saturated rings. The topological polar surface area (TPSA) is 38.0 Å². The Kier molecular flexibility index (Phi) is 4.41. The zero-order chi connectivity index (χ0) is 12.2. The fourth-order valence-electron chi connectivity index (χ4n) is 3.43. The van der Waals surface area contributed by atoms with Crippen LogP contribution in [0.4, 0.5) is 0 Å². The van der Waals surface area contributed by atoms with E-state index in [9.17, 15) is 0 Å². The van der Waals surface area contributed by atoms with Crippen LogP contribution in [0.3, 0.4) is 0 Å². The molecular weight excluding hydrogens is 196 g/mol. The summed E-state index contributed by atoms with van der Waals surface area (Å²) in [6.45, 7) is 10.4. The van der Waals surface area contributed by atoms with Crippen LogP contribution in [0, 0.1) is 23.2 Å². The van der Waals surface area contributed by atoms with Crippen LogP contribution in [0.25, 0.3) is 0 Å². The molecule has 2 nitrogen and oxygen atoms in total. The molecule has 0 spiro atoms. The molecule has 0 radical (unpaired) electrons. The predicted molar refractivity (Wildman–Crippen MR) is 70.0 cm³/mol. The number of nitrogens with two attached hydrogens (primary N) is 1. The lowest BCUT2D eigenvalue weighted by atomic mass is 9.64. The Morgan fingerprint density at radius 1 is 1.38 bits per heavy atom. The number of hydrogen-bond donors (Lipinski definition) is 2. The Balaban J connectivity index is 2.72. The van der Waals surface area contributed by atoms with Gasteiger partial charge in [0.25, 0.3) is 0 Å². The summed E-state index contributed by atoms with van der Waals surface area (Å²) in [5, 5.41) is 3.57. The summed E-state index contributed by atoms with van der Waals surface area (Å²) in [5.74, 6) is 6.75. The van der Waals surface area contributed by atoms with Crippen molar-refractivity contribution in [3.05, 3.63) is 0 Å². The Bertz CT molecular complexity index is 285. The van der Waals surface area contributed by atoms with Crippen molar-refractivity contribution < 1.29 is 0 Å². The molecule has 0 aromatic carbocycles. The minimum absolute atomic E-state index is 0.102. The van der Waals surface area contributed by atoms with Crippen LogP contribution in [0.15, 0.2) is 0 Å². The molecule has 1 aliphatic carbocycles. The number of rotatable bonds is 3. The van der Waals surface area contributed by atoms with Gasteiger partial charge in [-0.3, -0.25) is 5.32 Å². The van der Waals surface area contributed by atoms with Gasteiger partial charge in [0.05, 0.1) is 6.54 Å². The lowest BCUT2D eigenvalue weighted by molar-refractivity contribution is 0.0894. The highest BCUT2D eigenvalue weighted by molar-refractivity contribution is 5.04. The maximum atomic E-state index is 5.99. The van der Waals surface area contributed by atoms with Crippen LogP contribution >= 0.6 is 0 Å². The van der Waals surface area contributed by atoms with Crippen LogP contribution in [0.1, 0.15) is 47.0 Å². The van der Waals surface area contributed by atoms with Crippen LogP contribution in [-0.2, 0) is 0 Å². The molecule has 3 N–H and O–H groups in total. The molecule has 1 rings (SSSR count). The first-order valence-electron chi connectivity index (χ1n) is 6.28. The molecular formula is C14H26N2. The Labute approximate surface area is 100 Å². The SMILES string of the molecule is CC#CCNC1(CN)CC(C)CC(C)(C)C1. The van der Waals surface area contributed by atoms with E-state index in [4.69, 9.17) is 5.73 Å². The Morgan fingerprint density at radius 3 is 2.56 bits per heavy atom. The highest BCUT2D eigenvalue weighted by Gasteiger charge is 2.41. The van der Waals surface area contributed by atoms with E-state index in [1.807, 2.05) is 6.92 Å². The fraction of sp³-hybridized carbons (Fsp3) is 0.857. The van der Waals surface area contributed by atoms with Gasteiger partial charge in [0.2, 0.25) is 0 Å². The number of hydrogen-bond acceptors (Lipinski definition) is 2. The van der Waals surface area contributed by atoms with E-state index in [1.54, 1.807) is 0 Å². The summed E-state index contributed by atoms with van der Waals surface area (Å²) in [6.07, 6.45) is 3.64. The highest BCUT2D eigenvalue weighted by Crippen LogP contribution is 2.43. The van der Waals surface area contributed by atoms with E-state index in [0.29, 0.717) is 12.0 Å².